The van der Waals surface area contributed by atoms with Crippen molar-refractivity contribution in [2.24, 2.45) is 17.6 Å². The Morgan fingerprint density at radius 1 is 1.25 bits per heavy atom. The molecule has 1 saturated heterocycles. The van der Waals surface area contributed by atoms with E-state index in [4.69, 9.17) is 5.73 Å². The number of primary amides is 1. The Bertz CT molecular complexity index is 998. The molecule has 2 atom stereocenters. The van der Waals surface area contributed by atoms with Gasteiger partial charge in [-0.15, -0.1) is 5.10 Å². The fourth-order valence-corrected chi connectivity index (χ4v) is 4.27. The molecule has 3 heterocycles. The Hall–Kier alpha value is -3.00. The number of rotatable bonds is 4. The molecule has 28 heavy (non-hydrogen) atoms. The second-order valence-electron chi connectivity index (χ2n) is 7.26. The quantitative estimate of drug-likeness (QED) is 0.735. The van der Waals surface area contributed by atoms with Gasteiger partial charge in [0.05, 0.1) is 17.8 Å². The summed E-state index contributed by atoms with van der Waals surface area (Å²) in [5.74, 6) is -0.499. The van der Waals surface area contributed by atoms with E-state index in [1.165, 1.54) is 0 Å². The molecule has 2 amide bonds. The summed E-state index contributed by atoms with van der Waals surface area (Å²) >= 11 is 1.60. The lowest BCUT2D eigenvalue weighted by Crippen LogP contribution is -2.47. The Kier molecular flexibility index (Phi) is 4.95. The van der Waals surface area contributed by atoms with Crippen LogP contribution < -0.4 is 5.73 Å². The van der Waals surface area contributed by atoms with E-state index in [-0.39, 0.29) is 23.7 Å². The van der Waals surface area contributed by atoms with Crippen LogP contribution in [-0.4, -0.2) is 44.8 Å². The number of nitrogens with two attached hydrogens (primary N) is 1. The summed E-state index contributed by atoms with van der Waals surface area (Å²) in [6.07, 6.45) is 2.57. The number of hydrogen-bond acceptors (Lipinski definition) is 5. The molecule has 2 unspecified atom stereocenters. The highest BCUT2D eigenvalue weighted by Crippen LogP contribution is 2.24. The molecule has 1 aromatic carbocycles. The van der Waals surface area contributed by atoms with E-state index in [1.807, 2.05) is 42.1 Å². The maximum absolute atomic E-state index is 13.0. The molecule has 0 saturated carbocycles. The van der Waals surface area contributed by atoms with Crippen molar-refractivity contribution in [3.8, 4) is 16.9 Å². The molecule has 3 aromatic rings. The predicted molar refractivity (Wildman–Crippen MR) is 107 cm³/mol. The second kappa shape index (κ2) is 7.55. The maximum atomic E-state index is 13.0. The first-order chi connectivity index (χ1) is 13.5. The SMILES string of the molecule is CC1CC(C(N)=O)CN(C(=O)c2cccc(-n3cc(-c4ccsc4)nn3)c2)C1. The summed E-state index contributed by atoms with van der Waals surface area (Å²) in [6.45, 7) is 3.03. The number of likely N-dealkylation sites (tertiary alicyclic amines) is 1. The van der Waals surface area contributed by atoms with Crippen LogP contribution in [0.5, 0.6) is 0 Å². The molecule has 0 bridgehead atoms. The third-order valence-corrected chi connectivity index (χ3v) is 5.70. The summed E-state index contributed by atoms with van der Waals surface area (Å²) in [7, 11) is 0. The van der Waals surface area contributed by atoms with E-state index in [0.717, 1.165) is 23.4 Å². The van der Waals surface area contributed by atoms with Crippen molar-refractivity contribution in [1.29, 1.82) is 0 Å². The number of benzene rings is 1. The molecule has 8 heteroatoms. The van der Waals surface area contributed by atoms with Gasteiger partial charge in [0.15, 0.2) is 0 Å². The Labute approximate surface area is 166 Å². The molecule has 144 valence electrons. The van der Waals surface area contributed by atoms with E-state index in [9.17, 15) is 9.59 Å². The van der Waals surface area contributed by atoms with Crippen LogP contribution in [0.3, 0.4) is 0 Å². The molecule has 0 aliphatic carbocycles. The topological polar surface area (TPSA) is 94.1 Å². The molecule has 2 aromatic heterocycles. The van der Waals surface area contributed by atoms with Gasteiger partial charge in [-0.1, -0.05) is 18.2 Å². The lowest BCUT2D eigenvalue weighted by Gasteiger charge is -2.35. The normalized spacial score (nSPS) is 19.5. The lowest BCUT2D eigenvalue weighted by molar-refractivity contribution is -0.123. The largest absolute Gasteiger partial charge is 0.369 e. The molecule has 1 aliphatic heterocycles. The van der Waals surface area contributed by atoms with Gasteiger partial charge in [-0.2, -0.15) is 11.3 Å². The minimum atomic E-state index is -0.346. The Morgan fingerprint density at radius 3 is 2.86 bits per heavy atom. The highest BCUT2D eigenvalue weighted by Gasteiger charge is 2.31. The number of carbonyl (C=O) groups excluding carboxylic acids is 2. The summed E-state index contributed by atoms with van der Waals surface area (Å²) in [5, 5.41) is 12.4. The van der Waals surface area contributed by atoms with E-state index < -0.39 is 0 Å². The summed E-state index contributed by atoms with van der Waals surface area (Å²) in [4.78, 5) is 26.4. The fourth-order valence-electron chi connectivity index (χ4n) is 3.62. The lowest BCUT2D eigenvalue weighted by atomic mass is 9.89. The zero-order chi connectivity index (χ0) is 19.7. The van der Waals surface area contributed by atoms with Gasteiger partial charge in [0.1, 0.15) is 5.69 Å². The fraction of sp³-hybridized carbons (Fsp3) is 0.300. The number of piperidine rings is 1. The van der Waals surface area contributed by atoms with E-state index in [0.29, 0.717) is 18.7 Å². The van der Waals surface area contributed by atoms with Crippen molar-refractivity contribution in [3.63, 3.8) is 0 Å². The summed E-state index contributed by atoms with van der Waals surface area (Å²) in [6, 6.07) is 9.28. The molecule has 1 aliphatic rings. The van der Waals surface area contributed by atoms with Gasteiger partial charge in [-0.25, -0.2) is 4.68 Å². The molecular formula is C20H21N5O2S. The average molecular weight is 395 g/mol. The minimum absolute atomic E-state index is 0.0992. The van der Waals surface area contributed by atoms with Crippen molar-refractivity contribution in [2.75, 3.05) is 13.1 Å². The van der Waals surface area contributed by atoms with Gasteiger partial charge in [-0.05, 0) is 42.0 Å². The van der Waals surface area contributed by atoms with Gasteiger partial charge < -0.3 is 10.6 Å². The average Bonchev–Trinajstić information content (AvgIpc) is 3.38. The van der Waals surface area contributed by atoms with Gasteiger partial charge in [-0.3, -0.25) is 9.59 Å². The van der Waals surface area contributed by atoms with Gasteiger partial charge in [0.2, 0.25) is 5.91 Å². The number of carbonyl (C=O) groups is 2. The van der Waals surface area contributed by atoms with Crippen LogP contribution in [0.25, 0.3) is 16.9 Å². The van der Waals surface area contributed by atoms with Crippen LogP contribution in [0.1, 0.15) is 23.7 Å². The molecule has 1 fully saturated rings. The van der Waals surface area contributed by atoms with Crippen molar-refractivity contribution in [1.82, 2.24) is 19.9 Å². The van der Waals surface area contributed by atoms with E-state index >= 15 is 0 Å². The Morgan fingerprint density at radius 2 is 2.11 bits per heavy atom. The highest BCUT2D eigenvalue weighted by atomic mass is 32.1. The Balaban J connectivity index is 1.57. The van der Waals surface area contributed by atoms with Crippen molar-refractivity contribution < 1.29 is 9.59 Å². The smallest absolute Gasteiger partial charge is 0.253 e. The van der Waals surface area contributed by atoms with Crippen LogP contribution in [0, 0.1) is 11.8 Å². The zero-order valence-corrected chi connectivity index (χ0v) is 16.3. The molecule has 7 nitrogen and oxygen atoms in total. The van der Waals surface area contributed by atoms with Crippen LogP contribution in [0.4, 0.5) is 0 Å². The van der Waals surface area contributed by atoms with Crippen LogP contribution in [0.15, 0.2) is 47.3 Å². The van der Waals surface area contributed by atoms with Crippen LogP contribution in [-0.2, 0) is 4.79 Å². The number of nitrogens with zero attached hydrogens (tertiary/aromatic N) is 4. The number of thiophene rings is 1. The first-order valence-electron chi connectivity index (χ1n) is 9.15. The number of aromatic nitrogens is 3. The van der Waals surface area contributed by atoms with E-state index in [1.54, 1.807) is 33.1 Å². The minimum Gasteiger partial charge on any atom is -0.369 e. The summed E-state index contributed by atoms with van der Waals surface area (Å²) in [5.41, 5.74) is 8.60. The van der Waals surface area contributed by atoms with Crippen molar-refractivity contribution in [2.45, 2.75) is 13.3 Å². The van der Waals surface area contributed by atoms with E-state index in [2.05, 4.69) is 10.3 Å². The molecular weight excluding hydrogens is 374 g/mol. The predicted octanol–water partition coefficient (Wildman–Crippen LogP) is 2.58. The maximum Gasteiger partial charge on any atom is 0.253 e. The van der Waals surface area contributed by atoms with Crippen molar-refractivity contribution in [3.05, 3.63) is 52.9 Å². The number of hydrogen-bond donors (Lipinski definition) is 1. The zero-order valence-electron chi connectivity index (χ0n) is 15.5. The third kappa shape index (κ3) is 3.68. The first kappa shape index (κ1) is 18.4. The number of amides is 2. The monoisotopic (exact) mass is 395 g/mol. The third-order valence-electron chi connectivity index (χ3n) is 5.02. The second-order valence-corrected chi connectivity index (χ2v) is 8.04. The van der Waals surface area contributed by atoms with Gasteiger partial charge in [0.25, 0.3) is 5.91 Å². The molecule has 2 N–H and O–H groups in total. The van der Waals surface area contributed by atoms with Crippen molar-refractivity contribution >= 4 is 23.2 Å². The molecule has 0 spiro atoms. The molecule has 0 radical (unpaired) electrons. The van der Waals surface area contributed by atoms with Gasteiger partial charge >= 0.3 is 0 Å². The first-order valence-corrected chi connectivity index (χ1v) is 10.1. The van der Waals surface area contributed by atoms with Gasteiger partial charge in [0, 0.05) is 29.6 Å². The highest BCUT2D eigenvalue weighted by molar-refractivity contribution is 7.08. The van der Waals surface area contributed by atoms with Crippen LogP contribution >= 0.6 is 11.3 Å². The standard InChI is InChI=1S/C20H21N5O2S/c1-13-7-16(19(21)26)10-24(9-13)20(27)14-3-2-4-17(8-14)25-11-18(22-23-25)15-5-6-28-12-15/h2-6,8,11-13,16H,7,9-10H2,1H3,(H2,21,26). The van der Waals surface area contributed by atoms with Crippen LogP contribution in [0.2, 0.25) is 0 Å². The molecule has 4 rings (SSSR count). The summed E-state index contributed by atoms with van der Waals surface area (Å²) < 4.78 is 1.66.